The minimum absolute atomic E-state index is 0.0176. The van der Waals surface area contributed by atoms with E-state index < -0.39 is 35.3 Å². The van der Waals surface area contributed by atoms with Crippen LogP contribution in [0.25, 0.3) is 21.5 Å². The summed E-state index contributed by atoms with van der Waals surface area (Å²) >= 11 is 0. The second kappa shape index (κ2) is 9.67. The quantitative estimate of drug-likeness (QED) is 0.231. The largest absolute Gasteiger partial charge is 0.325 e. The van der Waals surface area contributed by atoms with E-state index in [-0.39, 0.29) is 5.71 Å². The van der Waals surface area contributed by atoms with Crippen molar-refractivity contribution in [1.82, 2.24) is 0 Å². The van der Waals surface area contributed by atoms with E-state index >= 15 is 0 Å². The van der Waals surface area contributed by atoms with E-state index in [0.29, 0.717) is 11.1 Å². The van der Waals surface area contributed by atoms with Crippen LogP contribution in [0.4, 0.5) is 8.78 Å². The molecule has 0 N–H and O–H groups in total. The molecule has 0 bridgehead atoms. The molecule has 0 amide bonds. The first kappa shape index (κ1) is 22.9. The van der Waals surface area contributed by atoms with Crippen LogP contribution in [-0.2, 0) is 14.4 Å². The standard InChI is InChI=1S/C26H23F2NO3S/c1-33(30,31)32-29-26(24(16-27)22-12-10-18-6-2-4-8-20(18)14-22)25(17-28)23-13-11-19-7-3-5-9-21(19)15-23/h2-15,24-25H,16-17H2,1H3. The Hall–Kier alpha value is -3.32. The number of nitrogens with zero attached hydrogens (tertiary/aromatic N) is 1. The summed E-state index contributed by atoms with van der Waals surface area (Å²) in [5, 5.41) is 7.52. The monoisotopic (exact) mass is 467 g/mol. The zero-order valence-corrected chi connectivity index (χ0v) is 18.8. The average Bonchev–Trinajstić information content (AvgIpc) is 2.82. The van der Waals surface area contributed by atoms with Gasteiger partial charge in [-0.2, -0.15) is 8.42 Å². The minimum atomic E-state index is -3.97. The zero-order chi connectivity index (χ0) is 23.4. The van der Waals surface area contributed by atoms with Crippen molar-refractivity contribution >= 4 is 37.4 Å². The molecule has 0 saturated carbocycles. The molecule has 4 rings (SSSR count). The molecule has 0 radical (unpaired) electrons. The Bertz CT molecular complexity index is 1330. The maximum Gasteiger partial charge on any atom is 0.325 e. The van der Waals surface area contributed by atoms with Gasteiger partial charge < -0.3 is 0 Å². The smallest absolute Gasteiger partial charge is 0.269 e. The molecule has 7 heteroatoms. The Morgan fingerprint density at radius 2 is 1.18 bits per heavy atom. The van der Waals surface area contributed by atoms with E-state index in [0.717, 1.165) is 27.8 Å². The number of hydrogen-bond donors (Lipinski definition) is 0. The lowest BCUT2D eigenvalue weighted by Gasteiger charge is -2.23. The fraction of sp³-hybridized carbons (Fsp3) is 0.192. The van der Waals surface area contributed by atoms with Crippen molar-refractivity contribution in [1.29, 1.82) is 0 Å². The van der Waals surface area contributed by atoms with Crippen LogP contribution in [0.5, 0.6) is 0 Å². The van der Waals surface area contributed by atoms with E-state index in [4.69, 9.17) is 4.28 Å². The predicted molar refractivity (Wildman–Crippen MR) is 129 cm³/mol. The van der Waals surface area contributed by atoms with Crippen LogP contribution in [0.2, 0.25) is 0 Å². The molecule has 170 valence electrons. The maximum absolute atomic E-state index is 14.5. The van der Waals surface area contributed by atoms with Gasteiger partial charge in [0.2, 0.25) is 0 Å². The van der Waals surface area contributed by atoms with Crippen molar-refractivity contribution in [3.8, 4) is 0 Å². The molecule has 4 aromatic carbocycles. The molecule has 0 fully saturated rings. The van der Waals surface area contributed by atoms with E-state index in [1.165, 1.54) is 0 Å². The van der Waals surface area contributed by atoms with Crippen LogP contribution < -0.4 is 0 Å². The van der Waals surface area contributed by atoms with Gasteiger partial charge in [-0.05, 0) is 32.7 Å². The van der Waals surface area contributed by atoms with Gasteiger partial charge in [-0.1, -0.05) is 90.1 Å². The number of rotatable bonds is 8. The van der Waals surface area contributed by atoms with Crippen molar-refractivity contribution in [3.05, 3.63) is 96.1 Å². The molecule has 4 aromatic rings. The molecule has 0 aliphatic heterocycles. The summed E-state index contributed by atoms with van der Waals surface area (Å²) in [6.45, 7) is -1.79. The van der Waals surface area contributed by atoms with Crippen LogP contribution in [0.3, 0.4) is 0 Å². The number of benzene rings is 4. The lowest BCUT2D eigenvalue weighted by molar-refractivity contribution is 0.333. The average molecular weight is 468 g/mol. The summed E-state index contributed by atoms with van der Waals surface area (Å²) in [5.41, 5.74) is 1.11. The number of fused-ring (bicyclic) bond motifs is 2. The molecule has 0 spiro atoms. The summed E-state index contributed by atoms with van der Waals surface area (Å²) in [5.74, 6) is -1.97. The van der Waals surface area contributed by atoms with Crippen molar-refractivity contribution < 1.29 is 21.5 Å². The first-order valence-corrected chi connectivity index (χ1v) is 12.3. The summed E-state index contributed by atoms with van der Waals surface area (Å²) in [6.07, 6.45) is 0.842. The van der Waals surface area contributed by atoms with Gasteiger partial charge >= 0.3 is 10.1 Å². The van der Waals surface area contributed by atoms with Gasteiger partial charge in [-0.3, -0.25) is 13.1 Å². The fourth-order valence-electron chi connectivity index (χ4n) is 4.01. The lowest BCUT2D eigenvalue weighted by atomic mass is 9.83. The third kappa shape index (κ3) is 5.20. The maximum atomic E-state index is 14.5. The highest BCUT2D eigenvalue weighted by molar-refractivity contribution is 7.85. The summed E-state index contributed by atoms with van der Waals surface area (Å²) < 4.78 is 57.0. The second-order valence-electron chi connectivity index (χ2n) is 7.92. The van der Waals surface area contributed by atoms with Gasteiger partial charge in [0, 0.05) is 0 Å². The molecule has 2 unspecified atom stereocenters. The highest BCUT2D eigenvalue weighted by Gasteiger charge is 2.30. The summed E-state index contributed by atoms with van der Waals surface area (Å²) in [4.78, 5) is 0. The summed E-state index contributed by atoms with van der Waals surface area (Å²) in [6, 6.07) is 26.0. The molecule has 0 aromatic heterocycles. The number of alkyl halides is 2. The third-order valence-electron chi connectivity index (χ3n) is 5.65. The van der Waals surface area contributed by atoms with Gasteiger partial charge in [-0.15, -0.1) is 0 Å². The topological polar surface area (TPSA) is 55.7 Å². The molecular formula is C26H23F2NO3S. The van der Waals surface area contributed by atoms with E-state index in [1.54, 1.807) is 12.1 Å². The highest BCUT2D eigenvalue weighted by Crippen LogP contribution is 2.32. The molecular weight excluding hydrogens is 444 g/mol. The van der Waals surface area contributed by atoms with E-state index in [2.05, 4.69) is 5.16 Å². The lowest BCUT2D eigenvalue weighted by Crippen LogP contribution is -2.25. The molecule has 0 aliphatic carbocycles. The minimum Gasteiger partial charge on any atom is -0.269 e. The number of halogens is 2. The fourth-order valence-corrected chi connectivity index (χ4v) is 4.23. The third-order valence-corrected chi connectivity index (χ3v) is 6.00. The van der Waals surface area contributed by atoms with Crippen molar-refractivity contribution in [2.24, 2.45) is 5.16 Å². The van der Waals surface area contributed by atoms with Gasteiger partial charge in [0.15, 0.2) is 0 Å². The number of oxime groups is 1. The van der Waals surface area contributed by atoms with Crippen molar-refractivity contribution in [3.63, 3.8) is 0 Å². The molecule has 0 saturated heterocycles. The van der Waals surface area contributed by atoms with Crippen molar-refractivity contribution in [2.75, 3.05) is 19.6 Å². The van der Waals surface area contributed by atoms with Crippen LogP contribution >= 0.6 is 0 Å². The van der Waals surface area contributed by atoms with Gasteiger partial charge in [-0.25, -0.2) is 0 Å². The zero-order valence-electron chi connectivity index (χ0n) is 18.0. The van der Waals surface area contributed by atoms with E-state index in [1.807, 2.05) is 72.8 Å². The highest BCUT2D eigenvalue weighted by atomic mass is 32.2. The molecule has 0 heterocycles. The van der Waals surface area contributed by atoms with Crippen LogP contribution in [0, 0.1) is 0 Å². The predicted octanol–water partition coefficient (Wildman–Crippen LogP) is 6.13. The molecule has 0 aliphatic rings. The van der Waals surface area contributed by atoms with Crippen molar-refractivity contribution in [2.45, 2.75) is 11.8 Å². The Morgan fingerprint density at radius 1 is 0.758 bits per heavy atom. The van der Waals surface area contributed by atoms with Crippen LogP contribution in [0.1, 0.15) is 23.0 Å². The first-order valence-electron chi connectivity index (χ1n) is 10.5. The van der Waals surface area contributed by atoms with Gasteiger partial charge in [0.05, 0.1) is 23.8 Å². The van der Waals surface area contributed by atoms with Gasteiger partial charge in [0.1, 0.15) is 13.3 Å². The normalized spacial score (nSPS) is 13.5. The van der Waals surface area contributed by atoms with Crippen LogP contribution in [0.15, 0.2) is 90.1 Å². The Morgan fingerprint density at radius 3 is 1.58 bits per heavy atom. The molecule has 33 heavy (non-hydrogen) atoms. The second-order valence-corrected chi connectivity index (χ2v) is 9.48. The van der Waals surface area contributed by atoms with E-state index in [9.17, 15) is 17.2 Å². The number of hydrogen-bond acceptors (Lipinski definition) is 4. The Kier molecular flexibility index (Phi) is 6.70. The van der Waals surface area contributed by atoms with Crippen LogP contribution in [-0.4, -0.2) is 33.7 Å². The van der Waals surface area contributed by atoms with Gasteiger partial charge in [0.25, 0.3) is 0 Å². The SMILES string of the molecule is CS(=O)(=O)ON=C(C(CF)c1ccc2ccccc2c1)C(CF)c1ccc2ccccc2c1. The Labute approximate surface area is 191 Å². The first-order chi connectivity index (χ1) is 15.9. The molecule has 2 atom stereocenters. The Balaban J connectivity index is 1.83. The summed E-state index contributed by atoms with van der Waals surface area (Å²) in [7, 11) is -3.97. The molecule has 4 nitrogen and oxygen atoms in total.